The van der Waals surface area contributed by atoms with Crippen molar-refractivity contribution in [2.24, 2.45) is 0 Å². The predicted octanol–water partition coefficient (Wildman–Crippen LogP) is -0.0895. The SMILES string of the molecule is CCOc1cccc(S(=O)(=O)N2CCN(C(=O)CO)CC2)c1. The average molecular weight is 328 g/mol. The molecule has 1 aromatic carbocycles. The fraction of sp³-hybridized carbons (Fsp3) is 0.500. The lowest BCUT2D eigenvalue weighted by molar-refractivity contribution is -0.135. The van der Waals surface area contributed by atoms with E-state index in [2.05, 4.69) is 0 Å². The number of piperazine rings is 1. The maximum absolute atomic E-state index is 12.6. The third kappa shape index (κ3) is 3.57. The van der Waals surface area contributed by atoms with Crippen LogP contribution in [-0.4, -0.2) is 68.0 Å². The van der Waals surface area contributed by atoms with E-state index in [0.717, 1.165) is 0 Å². The minimum atomic E-state index is -3.61. The highest BCUT2D eigenvalue weighted by Gasteiger charge is 2.30. The van der Waals surface area contributed by atoms with Gasteiger partial charge in [0.1, 0.15) is 12.4 Å². The van der Waals surface area contributed by atoms with Crippen LogP contribution in [0.2, 0.25) is 0 Å². The minimum Gasteiger partial charge on any atom is -0.494 e. The van der Waals surface area contributed by atoms with Gasteiger partial charge in [-0.05, 0) is 19.1 Å². The number of amides is 1. The lowest BCUT2D eigenvalue weighted by atomic mass is 10.3. The lowest BCUT2D eigenvalue weighted by Gasteiger charge is -2.33. The summed E-state index contributed by atoms with van der Waals surface area (Å²) in [6.07, 6.45) is 0. The van der Waals surface area contributed by atoms with E-state index in [9.17, 15) is 13.2 Å². The molecule has 0 radical (unpaired) electrons. The fourth-order valence-corrected chi connectivity index (χ4v) is 3.78. The second kappa shape index (κ2) is 7.08. The van der Waals surface area contributed by atoms with Crippen LogP contribution in [0, 0.1) is 0 Å². The number of aliphatic hydroxyl groups excluding tert-OH is 1. The van der Waals surface area contributed by atoms with E-state index in [1.807, 2.05) is 6.92 Å². The molecule has 1 amide bonds. The number of hydrogen-bond acceptors (Lipinski definition) is 5. The van der Waals surface area contributed by atoms with Crippen LogP contribution in [0.5, 0.6) is 5.75 Å². The van der Waals surface area contributed by atoms with Gasteiger partial charge >= 0.3 is 0 Å². The van der Waals surface area contributed by atoms with Crippen LogP contribution in [0.3, 0.4) is 0 Å². The van der Waals surface area contributed by atoms with Gasteiger partial charge in [-0.1, -0.05) is 6.07 Å². The third-order valence-corrected chi connectivity index (χ3v) is 5.38. The first-order valence-electron chi connectivity index (χ1n) is 7.10. The number of hydrogen-bond donors (Lipinski definition) is 1. The summed E-state index contributed by atoms with van der Waals surface area (Å²) in [4.78, 5) is 13.0. The van der Waals surface area contributed by atoms with Crippen LogP contribution < -0.4 is 4.74 Å². The number of carbonyl (C=O) groups excluding carboxylic acids is 1. The van der Waals surface area contributed by atoms with Gasteiger partial charge in [0.05, 0.1) is 11.5 Å². The highest BCUT2D eigenvalue weighted by molar-refractivity contribution is 7.89. The molecular formula is C14H20N2O5S. The summed E-state index contributed by atoms with van der Waals surface area (Å²) in [6.45, 7) is 2.74. The molecule has 0 aliphatic carbocycles. The predicted molar refractivity (Wildman–Crippen MR) is 80.0 cm³/mol. The van der Waals surface area contributed by atoms with Crippen LogP contribution in [0.15, 0.2) is 29.2 Å². The highest BCUT2D eigenvalue weighted by atomic mass is 32.2. The van der Waals surface area contributed by atoms with Gasteiger partial charge in [0, 0.05) is 32.2 Å². The maximum atomic E-state index is 12.6. The molecule has 1 heterocycles. The van der Waals surface area contributed by atoms with E-state index in [0.29, 0.717) is 12.4 Å². The van der Waals surface area contributed by atoms with Crippen LogP contribution in [0.1, 0.15) is 6.92 Å². The summed E-state index contributed by atoms with van der Waals surface area (Å²) in [6, 6.07) is 6.39. The van der Waals surface area contributed by atoms with Gasteiger partial charge in [0.2, 0.25) is 15.9 Å². The number of carbonyl (C=O) groups is 1. The van der Waals surface area contributed by atoms with Gasteiger partial charge in [-0.25, -0.2) is 8.42 Å². The molecule has 1 aliphatic rings. The van der Waals surface area contributed by atoms with Crippen molar-refractivity contribution in [3.8, 4) is 5.75 Å². The molecule has 0 bridgehead atoms. The van der Waals surface area contributed by atoms with E-state index in [1.165, 1.54) is 21.3 Å². The summed E-state index contributed by atoms with van der Waals surface area (Å²) in [7, 11) is -3.61. The Morgan fingerprint density at radius 1 is 1.27 bits per heavy atom. The Kier molecular flexibility index (Phi) is 5.38. The van der Waals surface area contributed by atoms with Crippen molar-refractivity contribution in [1.29, 1.82) is 0 Å². The molecule has 1 fully saturated rings. The van der Waals surface area contributed by atoms with Crippen molar-refractivity contribution in [3.63, 3.8) is 0 Å². The second-order valence-corrected chi connectivity index (χ2v) is 6.79. The minimum absolute atomic E-state index is 0.181. The Balaban J connectivity index is 2.11. The average Bonchev–Trinajstić information content (AvgIpc) is 2.55. The quantitative estimate of drug-likeness (QED) is 0.816. The number of nitrogens with zero attached hydrogens (tertiary/aromatic N) is 2. The van der Waals surface area contributed by atoms with Crippen molar-refractivity contribution in [1.82, 2.24) is 9.21 Å². The van der Waals surface area contributed by atoms with E-state index in [-0.39, 0.29) is 37.0 Å². The number of rotatable bonds is 5. The molecule has 1 aliphatic heterocycles. The van der Waals surface area contributed by atoms with Crippen molar-refractivity contribution < 1.29 is 23.1 Å². The van der Waals surface area contributed by atoms with Gasteiger partial charge in [-0.3, -0.25) is 4.79 Å². The third-order valence-electron chi connectivity index (χ3n) is 3.48. The molecule has 122 valence electrons. The molecule has 7 nitrogen and oxygen atoms in total. The molecule has 0 saturated carbocycles. The summed E-state index contributed by atoms with van der Waals surface area (Å²) < 4.78 is 31.9. The summed E-state index contributed by atoms with van der Waals surface area (Å²) in [5.74, 6) is 0.132. The van der Waals surface area contributed by atoms with Crippen molar-refractivity contribution in [3.05, 3.63) is 24.3 Å². The van der Waals surface area contributed by atoms with Crippen molar-refractivity contribution in [2.45, 2.75) is 11.8 Å². The van der Waals surface area contributed by atoms with E-state index < -0.39 is 16.6 Å². The largest absolute Gasteiger partial charge is 0.494 e. The molecular weight excluding hydrogens is 308 g/mol. The van der Waals surface area contributed by atoms with E-state index in [4.69, 9.17) is 9.84 Å². The van der Waals surface area contributed by atoms with Gasteiger partial charge in [-0.15, -0.1) is 0 Å². The van der Waals surface area contributed by atoms with E-state index in [1.54, 1.807) is 12.1 Å². The summed E-state index contributed by atoms with van der Waals surface area (Å²) in [5.41, 5.74) is 0. The zero-order valence-corrected chi connectivity index (χ0v) is 13.3. The number of sulfonamides is 1. The summed E-state index contributed by atoms with van der Waals surface area (Å²) >= 11 is 0. The molecule has 1 N–H and O–H groups in total. The normalized spacial score (nSPS) is 16.5. The zero-order chi connectivity index (χ0) is 16.2. The molecule has 0 atom stereocenters. The Morgan fingerprint density at radius 3 is 2.55 bits per heavy atom. The van der Waals surface area contributed by atoms with Crippen LogP contribution >= 0.6 is 0 Å². The topological polar surface area (TPSA) is 87.2 Å². The summed E-state index contributed by atoms with van der Waals surface area (Å²) in [5, 5.41) is 8.83. The smallest absolute Gasteiger partial charge is 0.248 e. The van der Waals surface area contributed by atoms with E-state index >= 15 is 0 Å². The van der Waals surface area contributed by atoms with Crippen molar-refractivity contribution >= 4 is 15.9 Å². The Labute approximate surface area is 130 Å². The molecule has 1 aromatic rings. The number of benzene rings is 1. The molecule has 0 aromatic heterocycles. The lowest BCUT2D eigenvalue weighted by Crippen LogP contribution is -2.51. The molecule has 8 heteroatoms. The Morgan fingerprint density at radius 2 is 1.95 bits per heavy atom. The number of aliphatic hydroxyl groups is 1. The zero-order valence-electron chi connectivity index (χ0n) is 12.4. The van der Waals surface area contributed by atoms with Crippen LogP contribution in [0.4, 0.5) is 0 Å². The van der Waals surface area contributed by atoms with Crippen LogP contribution in [-0.2, 0) is 14.8 Å². The molecule has 1 saturated heterocycles. The van der Waals surface area contributed by atoms with Gasteiger partial charge in [-0.2, -0.15) is 4.31 Å². The number of ether oxygens (including phenoxy) is 1. The monoisotopic (exact) mass is 328 g/mol. The first-order chi connectivity index (χ1) is 10.5. The van der Waals surface area contributed by atoms with Crippen molar-refractivity contribution in [2.75, 3.05) is 39.4 Å². The Hall–Kier alpha value is -1.64. The second-order valence-electron chi connectivity index (χ2n) is 4.85. The van der Waals surface area contributed by atoms with Gasteiger partial charge in [0.25, 0.3) is 0 Å². The molecule has 22 heavy (non-hydrogen) atoms. The molecule has 0 spiro atoms. The Bertz CT molecular complexity index is 624. The first kappa shape index (κ1) is 16.7. The van der Waals surface area contributed by atoms with Gasteiger partial charge in [0.15, 0.2) is 0 Å². The van der Waals surface area contributed by atoms with Gasteiger partial charge < -0.3 is 14.7 Å². The molecule has 0 unspecified atom stereocenters. The fourth-order valence-electron chi connectivity index (χ4n) is 2.32. The molecule has 2 rings (SSSR count). The van der Waals surface area contributed by atoms with Crippen LogP contribution in [0.25, 0.3) is 0 Å². The standard InChI is InChI=1S/C14H20N2O5S/c1-2-21-12-4-3-5-13(10-12)22(19,20)16-8-6-15(7-9-16)14(18)11-17/h3-5,10,17H,2,6-9,11H2,1H3. The maximum Gasteiger partial charge on any atom is 0.248 e. The first-order valence-corrected chi connectivity index (χ1v) is 8.54. The highest BCUT2D eigenvalue weighted by Crippen LogP contribution is 2.22.